The summed E-state index contributed by atoms with van der Waals surface area (Å²) in [6.45, 7) is 5.36. The van der Waals surface area contributed by atoms with Crippen LogP contribution < -0.4 is 10.5 Å². The summed E-state index contributed by atoms with van der Waals surface area (Å²) >= 11 is 0. The summed E-state index contributed by atoms with van der Waals surface area (Å²) in [6, 6.07) is 13.2. The van der Waals surface area contributed by atoms with Gasteiger partial charge in [0.05, 0.1) is 18.2 Å². The molecule has 38 heavy (non-hydrogen) atoms. The van der Waals surface area contributed by atoms with Gasteiger partial charge in [0.1, 0.15) is 23.7 Å². The topological polar surface area (TPSA) is 109 Å². The molecule has 0 radical (unpaired) electrons. The van der Waals surface area contributed by atoms with Gasteiger partial charge in [0, 0.05) is 32.5 Å². The van der Waals surface area contributed by atoms with Gasteiger partial charge in [0.2, 0.25) is 5.91 Å². The average molecular weight is 523 g/mol. The van der Waals surface area contributed by atoms with Crippen LogP contribution in [0.4, 0.5) is 9.18 Å². The van der Waals surface area contributed by atoms with Crippen molar-refractivity contribution in [3.8, 4) is 22.9 Å². The summed E-state index contributed by atoms with van der Waals surface area (Å²) in [5.41, 5.74) is 8.00. The molecule has 2 amide bonds. The summed E-state index contributed by atoms with van der Waals surface area (Å²) in [5.74, 6) is -0.0162. The number of likely N-dealkylation sites (tertiary alicyclic amines) is 2. The Morgan fingerprint density at radius 2 is 1.76 bits per heavy atom. The van der Waals surface area contributed by atoms with E-state index in [0.29, 0.717) is 37.2 Å². The van der Waals surface area contributed by atoms with Crippen molar-refractivity contribution < 1.29 is 23.5 Å². The lowest BCUT2D eigenvalue weighted by molar-refractivity contribution is -0.132. The molecule has 2 aromatic carbocycles. The number of hydrogen-bond acceptors (Lipinski definition) is 6. The number of halogens is 1. The summed E-state index contributed by atoms with van der Waals surface area (Å²) in [5, 5.41) is 9.22. The molecule has 2 aliphatic heterocycles. The molecule has 0 unspecified atom stereocenters. The van der Waals surface area contributed by atoms with E-state index in [-0.39, 0.29) is 30.6 Å². The molecule has 2 atom stereocenters. The van der Waals surface area contributed by atoms with Crippen LogP contribution in [0.2, 0.25) is 0 Å². The molecule has 0 aromatic heterocycles. The standard InChI is InChI=1S/C29H35FN4O4/c1-19(2)37-29(36)33-14-11-25(12-15-33)38-24-9-7-20(8-10-24)21-5-6-22(26(30)16-21)17-27(32)28(35)34-13-3-4-23(34)18-31/h5-10,16,19,23,25,27H,3-4,11-15,17,32H2,1-2H3/t23-,27-/m0/s1. The van der Waals surface area contributed by atoms with Crippen LogP contribution in [-0.2, 0) is 16.0 Å². The van der Waals surface area contributed by atoms with Gasteiger partial charge in [-0.2, -0.15) is 5.26 Å². The molecule has 2 saturated heterocycles. The highest BCUT2D eigenvalue weighted by Gasteiger charge is 2.32. The van der Waals surface area contributed by atoms with Crippen LogP contribution in [0.1, 0.15) is 45.1 Å². The lowest BCUT2D eigenvalue weighted by Gasteiger charge is -2.32. The first-order valence-electron chi connectivity index (χ1n) is 13.2. The number of piperidine rings is 1. The van der Waals surface area contributed by atoms with Crippen LogP contribution in [-0.4, -0.2) is 65.7 Å². The molecule has 0 saturated carbocycles. The number of ether oxygens (including phenoxy) is 2. The van der Waals surface area contributed by atoms with Gasteiger partial charge in [0.15, 0.2) is 0 Å². The Kier molecular flexibility index (Phi) is 8.85. The monoisotopic (exact) mass is 522 g/mol. The van der Waals surface area contributed by atoms with Gasteiger partial charge in [-0.1, -0.05) is 24.3 Å². The van der Waals surface area contributed by atoms with Crippen molar-refractivity contribution in [1.29, 1.82) is 5.26 Å². The highest BCUT2D eigenvalue weighted by atomic mass is 19.1. The van der Waals surface area contributed by atoms with Gasteiger partial charge in [-0.25, -0.2) is 9.18 Å². The van der Waals surface area contributed by atoms with Gasteiger partial charge in [0.25, 0.3) is 0 Å². The van der Waals surface area contributed by atoms with E-state index in [1.165, 1.54) is 11.0 Å². The Bertz CT molecular complexity index is 1170. The second-order valence-corrected chi connectivity index (χ2v) is 10.2. The van der Waals surface area contributed by atoms with E-state index in [1.54, 1.807) is 11.0 Å². The molecule has 9 heteroatoms. The van der Waals surface area contributed by atoms with Crippen molar-refractivity contribution >= 4 is 12.0 Å². The largest absolute Gasteiger partial charge is 0.490 e. The predicted molar refractivity (Wildman–Crippen MR) is 141 cm³/mol. The van der Waals surface area contributed by atoms with Crippen molar-refractivity contribution in [2.45, 2.75) is 70.2 Å². The zero-order valence-electron chi connectivity index (χ0n) is 21.9. The molecule has 0 spiro atoms. The number of nitrogens with two attached hydrogens (primary N) is 1. The first-order chi connectivity index (χ1) is 18.2. The molecule has 2 heterocycles. The first kappa shape index (κ1) is 27.4. The number of rotatable bonds is 7. The zero-order valence-corrected chi connectivity index (χ0v) is 21.9. The lowest BCUT2D eigenvalue weighted by atomic mass is 9.99. The van der Waals surface area contributed by atoms with E-state index in [1.807, 2.05) is 44.2 Å². The first-order valence-corrected chi connectivity index (χ1v) is 13.2. The number of nitrogens with zero attached hydrogens (tertiary/aromatic N) is 3. The van der Waals surface area contributed by atoms with E-state index in [2.05, 4.69) is 6.07 Å². The summed E-state index contributed by atoms with van der Waals surface area (Å²) in [6.07, 6.45) is 2.53. The Morgan fingerprint density at radius 1 is 1.08 bits per heavy atom. The van der Waals surface area contributed by atoms with Crippen molar-refractivity contribution in [3.05, 3.63) is 53.8 Å². The number of nitriles is 1. The van der Waals surface area contributed by atoms with E-state index in [0.717, 1.165) is 30.6 Å². The minimum atomic E-state index is -0.895. The van der Waals surface area contributed by atoms with Gasteiger partial charge >= 0.3 is 6.09 Å². The van der Waals surface area contributed by atoms with Gasteiger partial charge in [-0.15, -0.1) is 0 Å². The van der Waals surface area contributed by atoms with Crippen molar-refractivity contribution in [2.24, 2.45) is 5.73 Å². The Morgan fingerprint density at radius 3 is 2.39 bits per heavy atom. The second-order valence-electron chi connectivity index (χ2n) is 10.2. The van der Waals surface area contributed by atoms with Crippen molar-refractivity contribution in [2.75, 3.05) is 19.6 Å². The van der Waals surface area contributed by atoms with Crippen LogP contribution in [0, 0.1) is 17.1 Å². The molecular weight excluding hydrogens is 487 g/mol. The number of carbonyl (C=O) groups is 2. The van der Waals surface area contributed by atoms with Gasteiger partial charge < -0.3 is 25.0 Å². The summed E-state index contributed by atoms with van der Waals surface area (Å²) in [7, 11) is 0. The van der Waals surface area contributed by atoms with Crippen LogP contribution in [0.3, 0.4) is 0 Å². The fraction of sp³-hybridized carbons (Fsp3) is 0.483. The highest BCUT2D eigenvalue weighted by Crippen LogP contribution is 2.27. The number of carbonyl (C=O) groups excluding carboxylic acids is 2. The molecule has 8 nitrogen and oxygen atoms in total. The van der Waals surface area contributed by atoms with E-state index in [4.69, 9.17) is 15.2 Å². The molecule has 2 aliphatic rings. The van der Waals surface area contributed by atoms with Crippen molar-refractivity contribution in [1.82, 2.24) is 9.80 Å². The van der Waals surface area contributed by atoms with Crippen LogP contribution >= 0.6 is 0 Å². The Labute approximate surface area is 223 Å². The Hall–Kier alpha value is -3.64. The minimum absolute atomic E-state index is 0.0107. The van der Waals surface area contributed by atoms with Crippen molar-refractivity contribution in [3.63, 3.8) is 0 Å². The minimum Gasteiger partial charge on any atom is -0.490 e. The third-order valence-electron chi connectivity index (χ3n) is 7.02. The molecule has 0 bridgehead atoms. The summed E-state index contributed by atoms with van der Waals surface area (Å²) in [4.78, 5) is 27.9. The normalized spacial score (nSPS) is 18.8. The maximum atomic E-state index is 14.9. The SMILES string of the molecule is CC(C)OC(=O)N1CCC(Oc2ccc(-c3ccc(C[C@H](N)C(=O)N4CCC[C@H]4C#N)c(F)c3)cc2)CC1. The molecule has 0 aliphatic carbocycles. The fourth-order valence-corrected chi connectivity index (χ4v) is 4.95. The molecule has 2 aromatic rings. The molecule has 202 valence electrons. The van der Waals surface area contributed by atoms with Crippen LogP contribution in [0.25, 0.3) is 11.1 Å². The predicted octanol–water partition coefficient (Wildman–Crippen LogP) is 4.27. The van der Waals surface area contributed by atoms with Gasteiger partial charge in [-0.3, -0.25) is 4.79 Å². The van der Waals surface area contributed by atoms with E-state index in [9.17, 15) is 19.2 Å². The van der Waals surface area contributed by atoms with E-state index >= 15 is 0 Å². The number of amides is 2. The quantitative estimate of drug-likeness (QED) is 0.582. The van der Waals surface area contributed by atoms with Crippen LogP contribution in [0.15, 0.2) is 42.5 Å². The fourth-order valence-electron chi connectivity index (χ4n) is 4.95. The lowest BCUT2D eigenvalue weighted by Crippen LogP contribution is -2.46. The smallest absolute Gasteiger partial charge is 0.410 e. The number of benzene rings is 2. The summed E-state index contributed by atoms with van der Waals surface area (Å²) < 4.78 is 26.3. The molecular formula is C29H35FN4O4. The maximum absolute atomic E-state index is 14.9. The molecule has 4 rings (SSSR count). The highest BCUT2D eigenvalue weighted by molar-refractivity contribution is 5.83. The number of hydrogen-bond donors (Lipinski definition) is 1. The zero-order chi connectivity index (χ0) is 27.2. The van der Waals surface area contributed by atoms with E-state index < -0.39 is 17.9 Å². The van der Waals surface area contributed by atoms with Gasteiger partial charge in [-0.05, 0) is 68.0 Å². The molecule has 2 N–H and O–H groups in total. The molecule has 2 fully saturated rings. The average Bonchev–Trinajstić information content (AvgIpc) is 3.39. The van der Waals surface area contributed by atoms with Crippen LogP contribution in [0.5, 0.6) is 5.75 Å². The third kappa shape index (κ3) is 6.62. The maximum Gasteiger partial charge on any atom is 0.410 e. The third-order valence-corrected chi connectivity index (χ3v) is 7.02. The second kappa shape index (κ2) is 12.3. The Balaban J connectivity index is 1.31.